The molecule has 1 atom stereocenters. The van der Waals surface area contributed by atoms with Gasteiger partial charge in [0.2, 0.25) is 0 Å². The summed E-state index contributed by atoms with van der Waals surface area (Å²) < 4.78 is -0.251. The SMILES string of the molecule is CC(C)(C)C1=C[C]([Ti+3])([Si](c2cc(C(C)(C)C)cc(C(C)(C)C)c2)(c2cc(C(C)(C)C)cc(C(C)(C)C)c2)c2cc(C(C)(C)C)cc(C(C)(C)C)c2)C=C1.[Cl-].[Cl-].[Cl-]. The van der Waals surface area contributed by atoms with Gasteiger partial charge in [-0.25, -0.2) is 0 Å². The molecule has 3 aromatic rings. The Labute approximate surface area is 377 Å². The Balaban J connectivity index is 0.00000523. The molecule has 308 valence electrons. The minimum Gasteiger partial charge on any atom is -1.00 e. The molecule has 0 heterocycles. The molecule has 0 nitrogen and oxygen atoms in total. The summed E-state index contributed by atoms with van der Waals surface area (Å²) in [5.74, 6) is 0. The van der Waals surface area contributed by atoms with Crippen LogP contribution in [0.15, 0.2) is 78.4 Å². The van der Waals surface area contributed by atoms with E-state index in [0.29, 0.717) is 0 Å². The maximum Gasteiger partial charge on any atom is -1.00 e. The van der Waals surface area contributed by atoms with Gasteiger partial charge >= 0.3 is 342 Å². The van der Waals surface area contributed by atoms with Gasteiger partial charge in [0.1, 0.15) is 0 Å². The van der Waals surface area contributed by atoms with Gasteiger partial charge in [-0.05, 0) is 0 Å². The summed E-state index contributed by atoms with van der Waals surface area (Å²) in [5, 5.41) is 4.56. The van der Waals surface area contributed by atoms with Crippen LogP contribution >= 0.6 is 0 Å². The summed E-state index contributed by atoms with van der Waals surface area (Å²) >= 11 is 2.59. The fraction of sp³-hybridized carbons (Fsp3) is 0.569. The Morgan fingerprint density at radius 1 is 0.357 bits per heavy atom. The number of halogens is 3. The third-order valence-electron chi connectivity index (χ3n) is 11.7. The first-order chi connectivity index (χ1) is 23.5. The van der Waals surface area contributed by atoms with Crippen LogP contribution in [0.4, 0.5) is 0 Å². The Kier molecular flexibility index (Phi) is 15.9. The van der Waals surface area contributed by atoms with E-state index in [1.165, 1.54) is 54.5 Å². The fourth-order valence-electron chi connectivity index (χ4n) is 7.61. The average molecular weight is 870 g/mol. The maximum absolute atomic E-state index is 3.06. The quantitative estimate of drug-likeness (QED) is 0.278. The van der Waals surface area contributed by atoms with Crippen LogP contribution in [-0.4, -0.2) is 8.07 Å². The monoisotopic (exact) mass is 868 g/mol. The summed E-state index contributed by atoms with van der Waals surface area (Å²) in [7, 11) is -3.06. The number of benzene rings is 3. The molecule has 0 aromatic heterocycles. The van der Waals surface area contributed by atoms with E-state index >= 15 is 0 Å². The van der Waals surface area contributed by atoms with Crippen molar-refractivity contribution in [2.45, 2.75) is 181 Å². The molecule has 0 N–H and O–H groups in total. The molecule has 0 saturated heterocycles. The molecule has 0 aliphatic heterocycles. The first-order valence-corrected chi connectivity index (χ1v) is 23.0. The van der Waals surface area contributed by atoms with Gasteiger partial charge in [-0.1, -0.05) is 0 Å². The van der Waals surface area contributed by atoms with Crippen molar-refractivity contribution in [2.75, 3.05) is 0 Å². The Morgan fingerprint density at radius 3 is 0.732 bits per heavy atom. The van der Waals surface area contributed by atoms with Gasteiger partial charge in [0.15, 0.2) is 0 Å². The van der Waals surface area contributed by atoms with Gasteiger partial charge in [-0.3, -0.25) is 0 Å². The molecule has 0 amide bonds. The van der Waals surface area contributed by atoms with Crippen molar-refractivity contribution in [3.05, 3.63) is 112 Å². The average Bonchev–Trinajstić information content (AvgIpc) is 3.38. The largest absolute Gasteiger partial charge is 1.00 e. The Bertz CT molecular complexity index is 1640. The zero-order valence-corrected chi connectivity index (χ0v) is 43.9. The maximum atomic E-state index is 2.71. The van der Waals surface area contributed by atoms with Crippen LogP contribution < -0.4 is 52.8 Å². The van der Waals surface area contributed by atoms with E-state index in [9.17, 15) is 0 Å². The molecule has 5 heteroatoms. The van der Waals surface area contributed by atoms with Crippen LogP contribution in [0.5, 0.6) is 0 Å². The fourth-order valence-corrected chi connectivity index (χ4v) is 15.4. The summed E-state index contributed by atoms with van der Waals surface area (Å²) in [6, 6.07) is 23.5. The van der Waals surface area contributed by atoms with Crippen molar-refractivity contribution >= 4 is 23.6 Å². The second-order valence-corrected chi connectivity index (χ2v) is 29.8. The summed E-state index contributed by atoms with van der Waals surface area (Å²) in [6.07, 6.45) is 7.82. The van der Waals surface area contributed by atoms with Crippen molar-refractivity contribution in [3.8, 4) is 0 Å². The third-order valence-corrected chi connectivity index (χ3v) is 18.9. The zero-order chi connectivity index (χ0) is 40.8. The molecule has 56 heavy (non-hydrogen) atoms. The van der Waals surface area contributed by atoms with Crippen LogP contribution in [-0.2, 0) is 52.9 Å². The van der Waals surface area contributed by atoms with E-state index in [-0.39, 0.29) is 78.5 Å². The van der Waals surface area contributed by atoms with E-state index in [4.69, 9.17) is 0 Å². The van der Waals surface area contributed by atoms with Gasteiger partial charge in [0.25, 0.3) is 0 Å². The minimum atomic E-state index is -3.06. The van der Waals surface area contributed by atoms with Crippen LogP contribution in [0.2, 0.25) is 3.34 Å². The van der Waals surface area contributed by atoms with Gasteiger partial charge in [-0.15, -0.1) is 0 Å². The first-order valence-electron chi connectivity index (χ1n) is 20.2. The summed E-state index contributed by atoms with van der Waals surface area (Å²) in [5.41, 5.74) is 9.95. The normalized spacial score (nSPS) is 17.2. The van der Waals surface area contributed by atoms with Crippen molar-refractivity contribution in [1.82, 2.24) is 0 Å². The standard InChI is InChI=1S/C51H75Si.3ClH.Ti/c1-45(2,3)34-22-23-41(27-34)52(42-28-35(46(4,5)6)24-36(29-42)47(7,8)9,43-30-37(48(10,11)12)25-38(31-43)49(13,14)15)44-32-39(50(16,17)18)26-40(33-44)51(19,20)21;;;;/h22-33H,1-21H3;3*1H;/q;;;;+3/p-3. The molecular weight excluding hydrogens is 795 g/mol. The van der Waals surface area contributed by atoms with E-state index < -0.39 is 8.07 Å². The van der Waals surface area contributed by atoms with Crippen LogP contribution in [0.1, 0.15) is 179 Å². The van der Waals surface area contributed by atoms with Crippen molar-refractivity contribution in [3.63, 3.8) is 0 Å². The molecule has 1 unspecified atom stereocenters. The molecule has 0 spiro atoms. The van der Waals surface area contributed by atoms with Gasteiger partial charge in [0.05, 0.1) is 0 Å². The summed E-state index contributed by atoms with van der Waals surface area (Å²) in [6.45, 7) is 50.3. The molecule has 1 aliphatic rings. The topological polar surface area (TPSA) is 0 Å². The molecule has 1 aliphatic carbocycles. The minimum absolute atomic E-state index is 0. The van der Waals surface area contributed by atoms with Gasteiger partial charge < -0.3 is 37.2 Å². The van der Waals surface area contributed by atoms with Gasteiger partial charge in [0, 0.05) is 0 Å². The zero-order valence-electron chi connectivity index (χ0n) is 39.1. The molecule has 0 fully saturated rings. The Hall–Kier alpha value is -1.06. The number of rotatable bonds is 4. The van der Waals surface area contributed by atoms with Crippen LogP contribution in [0.3, 0.4) is 0 Å². The molecule has 0 radical (unpaired) electrons. The van der Waals surface area contributed by atoms with Gasteiger partial charge in [-0.2, -0.15) is 0 Å². The molecular formula is C51H75Cl3SiTi. The predicted molar refractivity (Wildman–Crippen MR) is 236 cm³/mol. The van der Waals surface area contributed by atoms with E-state index in [2.05, 4.69) is 239 Å². The Morgan fingerprint density at radius 2 is 0.571 bits per heavy atom. The van der Waals surface area contributed by atoms with Crippen molar-refractivity contribution in [1.29, 1.82) is 0 Å². The molecule has 4 rings (SSSR count). The molecule has 3 aromatic carbocycles. The number of hydrogen-bond acceptors (Lipinski definition) is 0. The number of hydrogen-bond donors (Lipinski definition) is 0. The smallest absolute Gasteiger partial charge is 1.00 e. The van der Waals surface area contributed by atoms with E-state index in [1.54, 1.807) is 0 Å². The van der Waals surface area contributed by atoms with Crippen molar-refractivity contribution < 1.29 is 57.7 Å². The third kappa shape index (κ3) is 10.8. The van der Waals surface area contributed by atoms with Crippen LogP contribution in [0, 0.1) is 5.41 Å². The predicted octanol–water partition coefficient (Wildman–Crippen LogP) is 3.74. The molecule has 0 saturated carbocycles. The second-order valence-electron chi connectivity index (χ2n) is 23.7. The van der Waals surface area contributed by atoms with Crippen molar-refractivity contribution in [2.24, 2.45) is 5.41 Å². The first kappa shape index (κ1) is 53.0. The van der Waals surface area contributed by atoms with E-state index in [1.807, 2.05) is 0 Å². The number of allylic oxidation sites excluding steroid dienone is 4. The molecule has 0 bridgehead atoms. The van der Waals surface area contributed by atoms with Crippen LogP contribution in [0.25, 0.3) is 0 Å². The summed E-state index contributed by atoms with van der Waals surface area (Å²) in [4.78, 5) is 0. The van der Waals surface area contributed by atoms with E-state index in [0.717, 1.165) is 0 Å². The second kappa shape index (κ2) is 16.8.